The number of carbonyl (C=O) groups excluding carboxylic acids is 2. The maximum atomic E-state index is 12.9. The van der Waals surface area contributed by atoms with Crippen molar-refractivity contribution < 1.29 is 24.2 Å². The van der Waals surface area contributed by atoms with E-state index in [1.54, 1.807) is 37.5 Å². The third kappa shape index (κ3) is 4.31. The summed E-state index contributed by atoms with van der Waals surface area (Å²) in [5, 5.41) is 14.3. The molecule has 34 heavy (non-hydrogen) atoms. The number of nitrogens with zero attached hydrogens (tertiary/aromatic N) is 4. The fourth-order valence-electron chi connectivity index (χ4n) is 3.60. The maximum Gasteiger partial charge on any atom is 0.312 e. The van der Waals surface area contributed by atoms with Gasteiger partial charge >= 0.3 is 5.97 Å². The molecule has 0 aliphatic carbocycles. The second-order valence-electron chi connectivity index (χ2n) is 7.50. The number of ether oxygens (including phenoxy) is 1. The van der Waals surface area contributed by atoms with E-state index in [4.69, 9.17) is 9.84 Å². The molecule has 2 amide bonds. The number of anilines is 6. The summed E-state index contributed by atoms with van der Waals surface area (Å²) in [6.45, 7) is 0. The van der Waals surface area contributed by atoms with Gasteiger partial charge in [0.1, 0.15) is 17.9 Å². The Balaban J connectivity index is 1.64. The highest BCUT2D eigenvalue weighted by Crippen LogP contribution is 2.38. The molecule has 11 heteroatoms. The zero-order chi connectivity index (χ0) is 24.4. The summed E-state index contributed by atoms with van der Waals surface area (Å²) in [5.41, 5.74) is 2.74. The Labute approximate surface area is 195 Å². The van der Waals surface area contributed by atoms with Crippen molar-refractivity contribution in [1.82, 2.24) is 9.97 Å². The van der Waals surface area contributed by atoms with Gasteiger partial charge in [-0.2, -0.15) is 4.98 Å². The van der Waals surface area contributed by atoms with Gasteiger partial charge in [0.05, 0.1) is 30.2 Å². The Kier molecular flexibility index (Phi) is 6.00. The number of benzene rings is 2. The molecule has 1 aliphatic heterocycles. The number of aromatic nitrogens is 2. The largest absolute Gasteiger partial charge is 0.494 e. The minimum absolute atomic E-state index is 0.160. The van der Waals surface area contributed by atoms with Gasteiger partial charge in [-0.05, 0) is 24.3 Å². The zero-order valence-corrected chi connectivity index (χ0v) is 18.7. The fourth-order valence-corrected chi connectivity index (χ4v) is 3.60. The van der Waals surface area contributed by atoms with Gasteiger partial charge in [-0.1, -0.05) is 12.1 Å². The molecule has 0 fully saturated rings. The van der Waals surface area contributed by atoms with Gasteiger partial charge in [0.2, 0.25) is 11.9 Å². The van der Waals surface area contributed by atoms with Crippen LogP contribution in [0, 0.1) is 0 Å². The van der Waals surface area contributed by atoms with Crippen LogP contribution < -0.4 is 25.2 Å². The summed E-state index contributed by atoms with van der Waals surface area (Å²) in [5.74, 6) is -0.832. The molecule has 4 rings (SSSR count). The first-order valence-corrected chi connectivity index (χ1v) is 10.2. The van der Waals surface area contributed by atoms with Crippen LogP contribution in [0.4, 0.5) is 34.5 Å². The lowest BCUT2D eigenvalue weighted by Gasteiger charge is -2.21. The van der Waals surface area contributed by atoms with Gasteiger partial charge < -0.3 is 30.3 Å². The van der Waals surface area contributed by atoms with E-state index in [1.807, 2.05) is 30.1 Å². The lowest BCUT2D eigenvalue weighted by molar-refractivity contribution is -0.139. The highest BCUT2D eigenvalue weighted by Gasteiger charge is 2.28. The quantitative estimate of drug-likeness (QED) is 0.472. The summed E-state index contributed by atoms with van der Waals surface area (Å²) in [6, 6.07) is 12.1. The number of methoxy groups -OCH3 is 1. The van der Waals surface area contributed by atoms with E-state index >= 15 is 0 Å². The first-order valence-electron chi connectivity index (χ1n) is 10.2. The third-order valence-electron chi connectivity index (χ3n) is 5.27. The normalized spacial score (nSPS) is 12.4. The van der Waals surface area contributed by atoms with Crippen molar-refractivity contribution in [3.8, 4) is 5.75 Å². The molecule has 0 atom stereocenters. The van der Waals surface area contributed by atoms with E-state index in [1.165, 1.54) is 12.0 Å². The van der Waals surface area contributed by atoms with E-state index in [2.05, 4.69) is 20.6 Å². The SMILES string of the molecule is COc1cc(NC(=O)CC(=O)O)ccc1Nc1ncc2c(n1)N(C)c1ccccc1C(=O)N2C. The van der Waals surface area contributed by atoms with Crippen LogP contribution in [-0.4, -0.2) is 54.1 Å². The highest BCUT2D eigenvalue weighted by molar-refractivity contribution is 6.13. The molecule has 1 aliphatic rings. The van der Waals surface area contributed by atoms with E-state index in [9.17, 15) is 14.4 Å². The monoisotopic (exact) mass is 462 g/mol. The van der Waals surface area contributed by atoms with E-state index in [-0.39, 0.29) is 11.9 Å². The number of amides is 2. The van der Waals surface area contributed by atoms with Crippen molar-refractivity contribution in [3.63, 3.8) is 0 Å². The number of fused-ring (bicyclic) bond motifs is 2. The van der Waals surface area contributed by atoms with Crippen LogP contribution in [0.2, 0.25) is 0 Å². The number of hydrogen-bond acceptors (Lipinski definition) is 8. The van der Waals surface area contributed by atoms with Crippen molar-refractivity contribution in [2.24, 2.45) is 0 Å². The number of carbonyl (C=O) groups is 3. The van der Waals surface area contributed by atoms with Crippen LogP contribution in [0.15, 0.2) is 48.7 Å². The van der Waals surface area contributed by atoms with Crippen molar-refractivity contribution in [2.75, 3.05) is 41.6 Å². The Bertz CT molecular complexity index is 1290. The number of para-hydroxylation sites is 1. The van der Waals surface area contributed by atoms with Crippen molar-refractivity contribution in [2.45, 2.75) is 6.42 Å². The molecule has 2 aromatic carbocycles. The van der Waals surface area contributed by atoms with Crippen LogP contribution in [0.1, 0.15) is 16.8 Å². The smallest absolute Gasteiger partial charge is 0.312 e. The molecule has 0 radical (unpaired) electrons. The number of rotatable bonds is 6. The van der Waals surface area contributed by atoms with Crippen LogP contribution in [0.5, 0.6) is 5.75 Å². The predicted molar refractivity (Wildman–Crippen MR) is 126 cm³/mol. The second-order valence-corrected chi connectivity index (χ2v) is 7.50. The molecule has 3 N–H and O–H groups in total. The summed E-state index contributed by atoms with van der Waals surface area (Å²) >= 11 is 0. The topological polar surface area (TPSA) is 137 Å². The molecule has 1 aromatic heterocycles. The molecule has 0 unspecified atom stereocenters. The molecule has 0 saturated heterocycles. The molecule has 0 spiro atoms. The average molecular weight is 462 g/mol. The fraction of sp³-hybridized carbons (Fsp3) is 0.174. The van der Waals surface area contributed by atoms with Crippen molar-refractivity contribution in [3.05, 3.63) is 54.2 Å². The Morgan fingerprint density at radius 2 is 1.85 bits per heavy atom. The van der Waals surface area contributed by atoms with E-state index in [0.29, 0.717) is 34.2 Å². The molecule has 11 nitrogen and oxygen atoms in total. The van der Waals surface area contributed by atoms with Gasteiger partial charge in [0, 0.05) is 25.8 Å². The summed E-state index contributed by atoms with van der Waals surface area (Å²) in [6.07, 6.45) is 0.927. The molecule has 2 heterocycles. The Morgan fingerprint density at radius 3 is 2.59 bits per heavy atom. The Morgan fingerprint density at radius 1 is 1.09 bits per heavy atom. The average Bonchev–Trinajstić information content (AvgIpc) is 2.89. The number of aliphatic carboxylic acids is 1. The van der Waals surface area contributed by atoms with Gasteiger partial charge in [-0.3, -0.25) is 14.4 Å². The lowest BCUT2D eigenvalue weighted by Crippen LogP contribution is -2.25. The van der Waals surface area contributed by atoms with Gasteiger partial charge in [-0.25, -0.2) is 4.98 Å². The minimum atomic E-state index is -1.22. The standard InChI is InChI=1S/C23H22N6O5/c1-28-16-7-5-4-6-14(16)22(33)29(2)17-12-24-23(27-21(17)28)26-15-9-8-13(10-18(15)34-3)25-19(30)11-20(31)32/h4-10,12H,11H2,1-3H3,(H,25,30)(H,31,32)(H,24,26,27). The zero-order valence-electron chi connectivity index (χ0n) is 18.7. The maximum absolute atomic E-state index is 12.9. The summed E-state index contributed by atoms with van der Waals surface area (Å²) in [4.78, 5) is 47.7. The second kappa shape index (κ2) is 9.06. The number of carboxylic acid groups (broad SMARTS) is 1. The van der Waals surface area contributed by atoms with Crippen LogP contribution in [0.25, 0.3) is 0 Å². The number of hydrogen-bond donors (Lipinski definition) is 3. The molecular weight excluding hydrogens is 440 g/mol. The van der Waals surface area contributed by atoms with Crippen molar-refractivity contribution in [1.29, 1.82) is 0 Å². The number of carboxylic acids is 1. The van der Waals surface area contributed by atoms with Gasteiger partial charge in [0.25, 0.3) is 5.91 Å². The predicted octanol–water partition coefficient (Wildman–Crippen LogP) is 3.00. The lowest BCUT2D eigenvalue weighted by atomic mass is 10.1. The van der Waals surface area contributed by atoms with Gasteiger partial charge in [-0.15, -0.1) is 0 Å². The first kappa shape index (κ1) is 22.5. The molecule has 0 saturated carbocycles. The summed E-state index contributed by atoms with van der Waals surface area (Å²) < 4.78 is 5.40. The van der Waals surface area contributed by atoms with Crippen LogP contribution in [0.3, 0.4) is 0 Å². The molecule has 3 aromatic rings. The third-order valence-corrected chi connectivity index (χ3v) is 5.27. The number of nitrogens with one attached hydrogen (secondary N) is 2. The van der Waals surface area contributed by atoms with E-state index in [0.717, 1.165) is 5.69 Å². The van der Waals surface area contributed by atoms with Crippen LogP contribution >= 0.6 is 0 Å². The first-order chi connectivity index (χ1) is 16.3. The molecule has 0 bridgehead atoms. The molecule has 174 valence electrons. The Hall–Kier alpha value is -4.67. The van der Waals surface area contributed by atoms with Crippen LogP contribution in [-0.2, 0) is 9.59 Å². The molecular formula is C23H22N6O5. The highest BCUT2D eigenvalue weighted by atomic mass is 16.5. The minimum Gasteiger partial charge on any atom is -0.494 e. The summed E-state index contributed by atoms with van der Waals surface area (Å²) in [7, 11) is 4.97. The van der Waals surface area contributed by atoms with Gasteiger partial charge in [0.15, 0.2) is 5.82 Å². The van der Waals surface area contributed by atoms with E-state index < -0.39 is 18.3 Å². The van der Waals surface area contributed by atoms with Crippen molar-refractivity contribution >= 4 is 52.3 Å².